The molecule has 0 aromatic heterocycles. The minimum Gasteiger partial charge on any atom is -0.454 e. The van der Waals surface area contributed by atoms with E-state index in [2.05, 4.69) is 44.2 Å². The first-order valence-electron chi connectivity index (χ1n) is 10.7. The fourth-order valence-corrected chi connectivity index (χ4v) is 4.22. The number of anilines is 1. The van der Waals surface area contributed by atoms with Gasteiger partial charge in [0.2, 0.25) is 0 Å². The summed E-state index contributed by atoms with van der Waals surface area (Å²) in [5, 5.41) is 0. The van der Waals surface area contributed by atoms with Gasteiger partial charge < -0.3 is 9.64 Å². The number of carbonyl (C=O) groups excluding carboxylic acids is 2. The van der Waals surface area contributed by atoms with Gasteiger partial charge in [-0.15, -0.1) is 0 Å². The second kappa shape index (κ2) is 8.46. The number of para-hydroxylation sites is 1. The highest BCUT2D eigenvalue weighted by Crippen LogP contribution is 2.46. The number of aryl methyl sites for hydroxylation is 1. The quantitative estimate of drug-likeness (QED) is 0.389. The Kier molecular flexibility index (Phi) is 5.70. The summed E-state index contributed by atoms with van der Waals surface area (Å²) in [6, 6.07) is 23.6. The van der Waals surface area contributed by atoms with E-state index < -0.39 is 5.97 Å². The van der Waals surface area contributed by atoms with Crippen LogP contribution in [-0.4, -0.2) is 25.4 Å². The lowest BCUT2D eigenvalue weighted by molar-refractivity contribution is -0.117. The Bertz CT molecular complexity index is 1190. The molecule has 0 fully saturated rings. The van der Waals surface area contributed by atoms with E-state index in [0.717, 1.165) is 22.5 Å². The first kappa shape index (κ1) is 21.6. The summed E-state index contributed by atoms with van der Waals surface area (Å²) in [5.74, 6) is -0.744. The minimum absolute atomic E-state index is 0.239. The summed E-state index contributed by atoms with van der Waals surface area (Å²) >= 11 is 0. The second-order valence-corrected chi connectivity index (χ2v) is 8.72. The molecule has 1 aliphatic rings. The van der Waals surface area contributed by atoms with Crippen LogP contribution in [0.5, 0.6) is 0 Å². The third-order valence-electron chi connectivity index (χ3n) is 6.09. The molecule has 0 saturated heterocycles. The third kappa shape index (κ3) is 4.09. The lowest BCUT2D eigenvalue weighted by Crippen LogP contribution is -2.25. The number of benzene rings is 3. The Morgan fingerprint density at radius 1 is 0.906 bits per heavy atom. The van der Waals surface area contributed by atoms with E-state index in [9.17, 15) is 9.59 Å². The van der Waals surface area contributed by atoms with Crippen molar-refractivity contribution in [2.45, 2.75) is 26.2 Å². The van der Waals surface area contributed by atoms with Gasteiger partial charge in [0, 0.05) is 29.9 Å². The molecule has 0 saturated carbocycles. The van der Waals surface area contributed by atoms with Gasteiger partial charge in [0.25, 0.3) is 0 Å². The Morgan fingerprint density at radius 3 is 2.12 bits per heavy atom. The standard InChI is InChI=1S/C28H27NO3/c1-19-9-11-20(12-10-19)21-13-15-22(16-14-21)27(31)32-18-23(30)17-26-28(2,3)24-7-5-6-8-25(24)29(26)4/h5-17H,18H2,1-4H3. The van der Waals surface area contributed by atoms with Gasteiger partial charge in [0.05, 0.1) is 5.56 Å². The van der Waals surface area contributed by atoms with Gasteiger partial charge in [-0.1, -0.05) is 74.0 Å². The summed E-state index contributed by atoms with van der Waals surface area (Å²) in [5.41, 5.74) is 6.58. The van der Waals surface area contributed by atoms with Gasteiger partial charge >= 0.3 is 5.97 Å². The molecule has 0 N–H and O–H groups in total. The van der Waals surface area contributed by atoms with E-state index in [-0.39, 0.29) is 17.8 Å². The highest BCUT2D eigenvalue weighted by molar-refractivity contribution is 5.96. The van der Waals surface area contributed by atoms with Crippen molar-refractivity contribution in [3.63, 3.8) is 0 Å². The number of rotatable bonds is 5. The molecule has 3 aromatic rings. The van der Waals surface area contributed by atoms with E-state index in [1.165, 1.54) is 11.1 Å². The predicted octanol–water partition coefficient (Wildman–Crippen LogP) is 5.70. The number of hydrogen-bond donors (Lipinski definition) is 0. The normalized spacial score (nSPS) is 15.5. The number of nitrogens with zero attached hydrogens (tertiary/aromatic N) is 1. The van der Waals surface area contributed by atoms with Gasteiger partial charge in [0.15, 0.2) is 12.4 Å². The van der Waals surface area contributed by atoms with E-state index in [4.69, 9.17) is 4.74 Å². The predicted molar refractivity (Wildman–Crippen MR) is 128 cm³/mol. The molecule has 0 spiro atoms. The number of esters is 1. The van der Waals surface area contributed by atoms with Crippen molar-refractivity contribution in [3.8, 4) is 11.1 Å². The number of fused-ring (bicyclic) bond motifs is 1. The van der Waals surface area contributed by atoms with Gasteiger partial charge in [0.1, 0.15) is 0 Å². The van der Waals surface area contributed by atoms with Gasteiger partial charge in [-0.3, -0.25) is 4.79 Å². The molecule has 4 heteroatoms. The Morgan fingerprint density at radius 2 is 1.50 bits per heavy atom. The summed E-state index contributed by atoms with van der Waals surface area (Å²) in [7, 11) is 1.95. The molecule has 3 aromatic carbocycles. The number of allylic oxidation sites excluding steroid dienone is 1. The summed E-state index contributed by atoms with van der Waals surface area (Å²) in [6.07, 6.45) is 1.59. The van der Waals surface area contributed by atoms with Crippen LogP contribution >= 0.6 is 0 Å². The van der Waals surface area contributed by atoms with Crippen molar-refractivity contribution in [2.24, 2.45) is 0 Å². The van der Waals surface area contributed by atoms with E-state index in [1.807, 2.05) is 49.2 Å². The average Bonchev–Trinajstić information content (AvgIpc) is 2.99. The Hall–Kier alpha value is -3.66. The van der Waals surface area contributed by atoms with Gasteiger partial charge in [-0.2, -0.15) is 0 Å². The number of hydrogen-bond acceptors (Lipinski definition) is 4. The highest BCUT2D eigenvalue weighted by atomic mass is 16.5. The second-order valence-electron chi connectivity index (χ2n) is 8.72. The molecule has 0 aliphatic carbocycles. The third-order valence-corrected chi connectivity index (χ3v) is 6.09. The topological polar surface area (TPSA) is 46.6 Å². The van der Waals surface area contributed by atoms with Crippen LogP contribution in [0.1, 0.15) is 35.3 Å². The highest BCUT2D eigenvalue weighted by Gasteiger charge is 2.38. The first-order valence-corrected chi connectivity index (χ1v) is 10.7. The van der Waals surface area contributed by atoms with Crippen molar-refractivity contribution in [1.82, 2.24) is 0 Å². The molecule has 1 heterocycles. The monoisotopic (exact) mass is 425 g/mol. The number of likely N-dealkylation sites (N-methyl/N-ethyl adjacent to an activating group) is 1. The first-order chi connectivity index (χ1) is 15.3. The molecule has 162 valence electrons. The zero-order valence-electron chi connectivity index (χ0n) is 18.9. The lowest BCUT2D eigenvalue weighted by Gasteiger charge is -2.23. The molecular weight excluding hydrogens is 398 g/mol. The molecule has 0 unspecified atom stereocenters. The molecule has 0 atom stereocenters. The smallest absolute Gasteiger partial charge is 0.338 e. The molecule has 4 nitrogen and oxygen atoms in total. The molecule has 0 amide bonds. The summed E-state index contributed by atoms with van der Waals surface area (Å²) < 4.78 is 5.29. The van der Waals surface area contributed by atoms with E-state index in [1.54, 1.807) is 18.2 Å². The minimum atomic E-state index is -0.505. The molecule has 32 heavy (non-hydrogen) atoms. The Balaban J connectivity index is 1.41. The van der Waals surface area contributed by atoms with Crippen molar-refractivity contribution in [1.29, 1.82) is 0 Å². The van der Waals surface area contributed by atoms with Crippen LogP contribution in [0.3, 0.4) is 0 Å². The zero-order chi connectivity index (χ0) is 22.9. The van der Waals surface area contributed by atoms with Crippen LogP contribution in [0.15, 0.2) is 84.6 Å². The summed E-state index contributed by atoms with van der Waals surface area (Å²) in [6.45, 7) is 5.94. The zero-order valence-corrected chi connectivity index (χ0v) is 18.9. The molecule has 0 bridgehead atoms. The number of ketones is 1. The molecular formula is C28H27NO3. The lowest BCUT2D eigenvalue weighted by atomic mass is 9.83. The maximum atomic E-state index is 12.6. The molecule has 0 radical (unpaired) electrons. The van der Waals surface area contributed by atoms with Crippen molar-refractivity contribution in [3.05, 3.63) is 101 Å². The Labute approximate surface area is 189 Å². The maximum Gasteiger partial charge on any atom is 0.338 e. The average molecular weight is 426 g/mol. The maximum absolute atomic E-state index is 12.6. The van der Waals surface area contributed by atoms with E-state index >= 15 is 0 Å². The SMILES string of the molecule is Cc1ccc(-c2ccc(C(=O)OCC(=O)C=C3N(C)c4ccccc4C3(C)C)cc2)cc1. The van der Waals surface area contributed by atoms with Crippen LogP contribution < -0.4 is 4.90 Å². The van der Waals surface area contributed by atoms with Crippen LogP contribution in [0.25, 0.3) is 11.1 Å². The largest absolute Gasteiger partial charge is 0.454 e. The van der Waals surface area contributed by atoms with E-state index in [0.29, 0.717) is 5.56 Å². The fraction of sp³-hybridized carbons (Fsp3) is 0.214. The molecule has 4 rings (SSSR count). The number of ether oxygens (including phenoxy) is 1. The number of carbonyl (C=O) groups is 2. The molecule has 1 aliphatic heterocycles. The van der Waals surface area contributed by atoms with Crippen molar-refractivity contribution < 1.29 is 14.3 Å². The van der Waals surface area contributed by atoms with Crippen LogP contribution in [0.2, 0.25) is 0 Å². The van der Waals surface area contributed by atoms with Gasteiger partial charge in [-0.25, -0.2) is 4.79 Å². The van der Waals surface area contributed by atoms with Crippen molar-refractivity contribution >= 4 is 17.4 Å². The van der Waals surface area contributed by atoms with Crippen LogP contribution in [-0.2, 0) is 14.9 Å². The van der Waals surface area contributed by atoms with Crippen LogP contribution in [0, 0.1) is 6.92 Å². The van der Waals surface area contributed by atoms with Crippen LogP contribution in [0.4, 0.5) is 5.69 Å². The fourth-order valence-electron chi connectivity index (χ4n) is 4.22. The van der Waals surface area contributed by atoms with Crippen molar-refractivity contribution in [2.75, 3.05) is 18.6 Å². The van der Waals surface area contributed by atoms with Gasteiger partial charge in [-0.05, 0) is 41.8 Å². The summed E-state index contributed by atoms with van der Waals surface area (Å²) in [4.78, 5) is 27.1.